The molecular formula is C19H20N2O3S. The lowest BCUT2D eigenvalue weighted by Crippen LogP contribution is -2.35. The predicted octanol–water partition coefficient (Wildman–Crippen LogP) is 3.06. The quantitative estimate of drug-likeness (QED) is 0.781. The first-order valence-corrected chi connectivity index (χ1v) is 9.70. The number of nitrogens with one attached hydrogen (secondary N) is 1. The number of nitrogens with zero attached hydrogens (tertiary/aromatic N) is 1. The molecule has 0 saturated carbocycles. The maximum atomic E-state index is 13.1. The van der Waals surface area contributed by atoms with Gasteiger partial charge in [-0.15, -0.1) is 0 Å². The van der Waals surface area contributed by atoms with Crippen LogP contribution in [0.5, 0.6) is 0 Å². The first kappa shape index (κ1) is 16.3. The number of para-hydroxylation sites is 1. The van der Waals surface area contributed by atoms with Crippen molar-refractivity contribution >= 4 is 20.9 Å². The topological polar surface area (TPSA) is 62.4 Å². The SMILES string of the molecule is COCc1cccc(S(=O)(=O)N2CCc3[nH]c4ccccc4c3C2)c1. The Balaban J connectivity index is 1.69. The Kier molecular flexibility index (Phi) is 4.11. The van der Waals surface area contributed by atoms with E-state index in [1.54, 1.807) is 29.6 Å². The van der Waals surface area contributed by atoms with E-state index in [0.29, 0.717) is 31.0 Å². The highest BCUT2D eigenvalue weighted by molar-refractivity contribution is 7.89. The molecule has 0 fully saturated rings. The highest BCUT2D eigenvalue weighted by atomic mass is 32.2. The van der Waals surface area contributed by atoms with E-state index in [2.05, 4.69) is 4.98 Å². The van der Waals surface area contributed by atoms with E-state index in [1.165, 1.54) is 0 Å². The monoisotopic (exact) mass is 356 g/mol. The minimum absolute atomic E-state index is 0.324. The van der Waals surface area contributed by atoms with E-state index in [9.17, 15) is 8.42 Å². The van der Waals surface area contributed by atoms with Crippen LogP contribution in [-0.4, -0.2) is 31.4 Å². The van der Waals surface area contributed by atoms with Crippen molar-refractivity contribution in [2.24, 2.45) is 0 Å². The van der Waals surface area contributed by atoms with Gasteiger partial charge in [-0.1, -0.05) is 30.3 Å². The largest absolute Gasteiger partial charge is 0.380 e. The number of sulfonamides is 1. The van der Waals surface area contributed by atoms with Gasteiger partial charge in [-0.2, -0.15) is 4.31 Å². The van der Waals surface area contributed by atoms with E-state index in [4.69, 9.17) is 4.74 Å². The second-order valence-electron chi connectivity index (χ2n) is 6.30. The zero-order chi connectivity index (χ0) is 17.4. The second kappa shape index (κ2) is 6.29. The number of ether oxygens (including phenoxy) is 1. The molecule has 1 N–H and O–H groups in total. The summed E-state index contributed by atoms with van der Waals surface area (Å²) in [5.41, 5.74) is 4.14. The number of rotatable bonds is 4. The van der Waals surface area contributed by atoms with Crippen molar-refractivity contribution in [2.75, 3.05) is 13.7 Å². The molecular weight excluding hydrogens is 336 g/mol. The molecule has 0 radical (unpaired) electrons. The molecule has 1 aliphatic rings. The molecule has 0 unspecified atom stereocenters. The lowest BCUT2D eigenvalue weighted by atomic mass is 10.1. The molecule has 0 atom stereocenters. The summed E-state index contributed by atoms with van der Waals surface area (Å²) in [5.74, 6) is 0. The summed E-state index contributed by atoms with van der Waals surface area (Å²) in [6, 6.07) is 15.0. The normalized spacial score (nSPS) is 15.4. The average Bonchev–Trinajstić information content (AvgIpc) is 3.00. The lowest BCUT2D eigenvalue weighted by Gasteiger charge is -2.26. The Morgan fingerprint density at radius 3 is 2.84 bits per heavy atom. The minimum atomic E-state index is -3.53. The summed E-state index contributed by atoms with van der Waals surface area (Å²) in [4.78, 5) is 3.74. The third-order valence-corrected chi connectivity index (χ3v) is 6.54. The summed E-state index contributed by atoms with van der Waals surface area (Å²) in [7, 11) is -1.93. The van der Waals surface area contributed by atoms with Crippen molar-refractivity contribution in [1.29, 1.82) is 0 Å². The molecule has 1 aromatic heterocycles. The second-order valence-corrected chi connectivity index (χ2v) is 8.23. The molecule has 1 aliphatic heterocycles. The number of hydrogen-bond donors (Lipinski definition) is 1. The molecule has 3 aromatic rings. The molecule has 5 nitrogen and oxygen atoms in total. The average molecular weight is 356 g/mol. The first-order chi connectivity index (χ1) is 12.1. The lowest BCUT2D eigenvalue weighted by molar-refractivity contribution is 0.184. The molecule has 4 rings (SSSR count). The number of hydrogen-bond acceptors (Lipinski definition) is 3. The van der Waals surface area contributed by atoms with Crippen LogP contribution in [0.25, 0.3) is 10.9 Å². The summed E-state index contributed by atoms with van der Waals surface area (Å²) in [6.45, 7) is 1.28. The van der Waals surface area contributed by atoms with Gasteiger partial charge in [-0.3, -0.25) is 0 Å². The summed E-state index contributed by atoms with van der Waals surface area (Å²) in [5, 5.41) is 1.10. The van der Waals surface area contributed by atoms with Gasteiger partial charge in [-0.05, 0) is 29.3 Å². The highest BCUT2D eigenvalue weighted by Gasteiger charge is 2.30. The third-order valence-electron chi connectivity index (χ3n) is 4.69. The summed E-state index contributed by atoms with van der Waals surface area (Å²) in [6.07, 6.45) is 0.695. The fourth-order valence-electron chi connectivity index (χ4n) is 3.46. The molecule has 2 aromatic carbocycles. The number of fused-ring (bicyclic) bond motifs is 3. The van der Waals surface area contributed by atoms with Gasteiger partial charge in [-0.25, -0.2) is 8.42 Å². The molecule has 6 heteroatoms. The number of aromatic amines is 1. The zero-order valence-corrected chi connectivity index (χ0v) is 14.8. The van der Waals surface area contributed by atoms with Gasteiger partial charge in [0, 0.05) is 43.2 Å². The molecule has 130 valence electrons. The van der Waals surface area contributed by atoms with Crippen LogP contribution in [0.3, 0.4) is 0 Å². The smallest absolute Gasteiger partial charge is 0.243 e. The fourth-order valence-corrected chi connectivity index (χ4v) is 4.94. The van der Waals surface area contributed by atoms with Gasteiger partial charge in [0.1, 0.15) is 0 Å². The van der Waals surface area contributed by atoms with Crippen LogP contribution >= 0.6 is 0 Å². The molecule has 0 spiro atoms. The summed E-state index contributed by atoms with van der Waals surface area (Å²) >= 11 is 0. The van der Waals surface area contributed by atoms with Gasteiger partial charge in [0.25, 0.3) is 0 Å². The van der Waals surface area contributed by atoms with Crippen molar-refractivity contribution < 1.29 is 13.2 Å². The molecule has 0 bridgehead atoms. The Morgan fingerprint density at radius 2 is 2.00 bits per heavy atom. The first-order valence-electron chi connectivity index (χ1n) is 8.26. The third kappa shape index (κ3) is 2.86. The fraction of sp³-hybridized carbons (Fsp3) is 0.263. The number of H-pyrrole nitrogens is 1. The zero-order valence-electron chi connectivity index (χ0n) is 14.0. The van der Waals surface area contributed by atoms with Crippen molar-refractivity contribution in [3.05, 3.63) is 65.4 Å². The minimum Gasteiger partial charge on any atom is -0.380 e. The van der Waals surface area contributed by atoms with Crippen LogP contribution in [-0.2, 0) is 34.3 Å². The molecule has 2 heterocycles. The van der Waals surface area contributed by atoms with E-state index >= 15 is 0 Å². The van der Waals surface area contributed by atoms with Gasteiger partial charge in [0.05, 0.1) is 11.5 Å². The molecule has 0 amide bonds. The molecule has 25 heavy (non-hydrogen) atoms. The maximum Gasteiger partial charge on any atom is 0.243 e. The number of benzene rings is 2. The summed E-state index contributed by atoms with van der Waals surface area (Å²) < 4.78 is 32.9. The van der Waals surface area contributed by atoms with Crippen molar-refractivity contribution in [3.63, 3.8) is 0 Å². The van der Waals surface area contributed by atoms with E-state index in [-0.39, 0.29) is 0 Å². The Bertz CT molecular complexity index is 1020. The van der Waals surface area contributed by atoms with Gasteiger partial charge in [0.15, 0.2) is 0 Å². The van der Waals surface area contributed by atoms with Crippen LogP contribution in [0, 0.1) is 0 Å². The molecule has 0 saturated heterocycles. The van der Waals surface area contributed by atoms with E-state index < -0.39 is 10.0 Å². The number of methoxy groups -OCH3 is 1. The van der Waals surface area contributed by atoms with Crippen LogP contribution in [0.4, 0.5) is 0 Å². The Morgan fingerprint density at radius 1 is 1.16 bits per heavy atom. The highest BCUT2D eigenvalue weighted by Crippen LogP contribution is 2.30. The van der Waals surface area contributed by atoms with Gasteiger partial charge >= 0.3 is 0 Å². The Hall–Kier alpha value is -2.15. The van der Waals surface area contributed by atoms with E-state index in [1.807, 2.05) is 30.3 Å². The van der Waals surface area contributed by atoms with Crippen LogP contribution in [0.1, 0.15) is 16.8 Å². The maximum absolute atomic E-state index is 13.1. The Labute approximate surface area is 147 Å². The van der Waals surface area contributed by atoms with Crippen molar-refractivity contribution in [1.82, 2.24) is 9.29 Å². The predicted molar refractivity (Wildman–Crippen MR) is 96.8 cm³/mol. The van der Waals surface area contributed by atoms with Crippen molar-refractivity contribution in [3.8, 4) is 0 Å². The van der Waals surface area contributed by atoms with Crippen molar-refractivity contribution in [2.45, 2.75) is 24.5 Å². The van der Waals surface area contributed by atoms with E-state index in [0.717, 1.165) is 27.7 Å². The van der Waals surface area contributed by atoms with Gasteiger partial charge < -0.3 is 9.72 Å². The van der Waals surface area contributed by atoms with Crippen LogP contribution < -0.4 is 0 Å². The molecule has 0 aliphatic carbocycles. The van der Waals surface area contributed by atoms with Crippen LogP contribution in [0.2, 0.25) is 0 Å². The standard InChI is InChI=1S/C19H20N2O3S/c1-24-13-14-5-4-6-15(11-14)25(22,23)21-10-9-19-17(12-21)16-7-2-3-8-18(16)20-19/h2-8,11,20H,9-10,12-13H2,1H3. The van der Waals surface area contributed by atoms with Gasteiger partial charge in [0.2, 0.25) is 10.0 Å². The number of aromatic nitrogens is 1. The van der Waals surface area contributed by atoms with Crippen LogP contribution in [0.15, 0.2) is 53.4 Å².